The zero-order valence-electron chi connectivity index (χ0n) is 20.4. The molecule has 0 saturated carbocycles. The van der Waals surface area contributed by atoms with Crippen LogP contribution in [0.5, 0.6) is 0 Å². The van der Waals surface area contributed by atoms with E-state index in [2.05, 4.69) is 45.3 Å². The van der Waals surface area contributed by atoms with Crippen molar-refractivity contribution < 1.29 is 13.2 Å². The van der Waals surface area contributed by atoms with E-state index >= 15 is 0 Å². The lowest BCUT2D eigenvalue weighted by Crippen LogP contribution is -2.57. The molecule has 2 fully saturated rings. The molecule has 0 N–H and O–H groups in total. The van der Waals surface area contributed by atoms with E-state index in [9.17, 15) is 8.42 Å². The Hall–Kier alpha value is -1.89. The van der Waals surface area contributed by atoms with Gasteiger partial charge in [0.1, 0.15) is 5.82 Å². The highest BCUT2D eigenvalue weighted by atomic mass is 79.9. The van der Waals surface area contributed by atoms with E-state index in [0.717, 1.165) is 22.6 Å². The number of ether oxygens (including phenoxy) is 1. The van der Waals surface area contributed by atoms with Gasteiger partial charge in [-0.3, -0.25) is 4.90 Å². The zero-order chi connectivity index (χ0) is 23.9. The molecular formula is C24H33BrN6O3S. The topological polar surface area (TPSA) is 83.8 Å². The molecule has 11 heteroatoms. The number of hydrogen-bond acceptors (Lipinski definition) is 6. The second kappa shape index (κ2) is 10.6. The number of nitrogens with zero attached hydrogens (tertiary/aromatic N) is 6. The van der Waals surface area contributed by atoms with Crippen LogP contribution in [0.3, 0.4) is 0 Å². The predicted octanol–water partition coefficient (Wildman–Crippen LogP) is 2.91. The summed E-state index contributed by atoms with van der Waals surface area (Å²) >= 11 is 0. The highest BCUT2D eigenvalue weighted by Gasteiger charge is 2.36. The van der Waals surface area contributed by atoms with E-state index in [-0.39, 0.29) is 29.2 Å². The average Bonchev–Trinajstić information content (AvgIpc) is 3.18. The molecule has 5 rings (SSSR count). The summed E-state index contributed by atoms with van der Waals surface area (Å²) in [5.74, 6) is 1.55. The molecule has 190 valence electrons. The number of piperazine rings is 1. The third-order valence-electron chi connectivity index (χ3n) is 6.49. The lowest BCUT2D eigenvalue weighted by molar-refractivity contribution is -0.0458. The molecule has 3 aromatic rings. The summed E-state index contributed by atoms with van der Waals surface area (Å²) in [5.41, 5.74) is 1.02. The zero-order valence-corrected chi connectivity index (χ0v) is 22.9. The van der Waals surface area contributed by atoms with Crippen LogP contribution in [0.1, 0.15) is 19.7 Å². The minimum Gasteiger partial charge on any atom is -0.373 e. The molecule has 1 aromatic heterocycles. The van der Waals surface area contributed by atoms with Crippen LogP contribution in [0.15, 0.2) is 42.5 Å². The van der Waals surface area contributed by atoms with Crippen LogP contribution in [-0.4, -0.2) is 88.2 Å². The first-order valence-electron chi connectivity index (χ1n) is 11.8. The first-order chi connectivity index (χ1) is 16.3. The fraction of sp³-hybridized carbons (Fsp3) is 0.500. The smallest absolute Gasteiger partial charge is 0.282 e. The normalized spacial score (nSPS) is 22.8. The van der Waals surface area contributed by atoms with Gasteiger partial charge in [0.2, 0.25) is 0 Å². The molecule has 9 nitrogen and oxygen atoms in total. The van der Waals surface area contributed by atoms with Crippen LogP contribution in [-0.2, 0) is 21.6 Å². The van der Waals surface area contributed by atoms with E-state index in [4.69, 9.17) is 4.74 Å². The number of benzene rings is 2. The highest BCUT2D eigenvalue weighted by molar-refractivity contribution is 8.93. The number of aryl methyl sites for hydroxylation is 1. The van der Waals surface area contributed by atoms with E-state index < -0.39 is 10.2 Å². The fourth-order valence-corrected chi connectivity index (χ4v) is 6.62. The van der Waals surface area contributed by atoms with Gasteiger partial charge in [0.15, 0.2) is 5.82 Å². The number of morpholine rings is 1. The van der Waals surface area contributed by atoms with Gasteiger partial charge in [0, 0.05) is 44.8 Å². The van der Waals surface area contributed by atoms with Crippen molar-refractivity contribution in [2.75, 3.05) is 39.3 Å². The second-order valence-electron chi connectivity index (χ2n) is 9.28. The maximum absolute atomic E-state index is 13.2. The fourth-order valence-electron chi connectivity index (χ4n) is 4.87. The van der Waals surface area contributed by atoms with Gasteiger partial charge in [0.05, 0.1) is 18.9 Å². The van der Waals surface area contributed by atoms with Crippen LogP contribution >= 0.6 is 17.0 Å². The van der Waals surface area contributed by atoms with E-state index in [0.29, 0.717) is 45.9 Å². The lowest BCUT2D eigenvalue weighted by atomic mass is 10.1. The number of halogens is 1. The van der Waals surface area contributed by atoms with Crippen LogP contribution in [0.25, 0.3) is 22.2 Å². The Kier molecular flexibility index (Phi) is 7.94. The maximum Gasteiger partial charge on any atom is 0.282 e. The number of aromatic nitrogens is 3. The SMILES string of the molecule is Br.Cc1nc(-c2ccc3ccccc3c2)n(CN2CCN(S(=O)(=O)N3CC(C)OC(C)C3)CC2)n1. The molecule has 0 radical (unpaired) electrons. The summed E-state index contributed by atoms with van der Waals surface area (Å²) in [6.45, 7) is 9.32. The third kappa shape index (κ3) is 5.60. The van der Waals surface area contributed by atoms with Gasteiger partial charge in [-0.15, -0.1) is 17.0 Å². The average molecular weight is 566 g/mol. The largest absolute Gasteiger partial charge is 0.373 e. The van der Waals surface area contributed by atoms with Crippen molar-refractivity contribution >= 4 is 38.0 Å². The summed E-state index contributed by atoms with van der Waals surface area (Å²) in [6, 6.07) is 14.6. The minimum atomic E-state index is -3.49. The van der Waals surface area contributed by atoms with Gasteiger partial charge < -0.3 is 4.74 Å². The monoisotopic (exact) mass is 564 g/mol. The molecule has 0 aliphatic carbocycles. The first-order valence-corrected chi connectivity index (χ1v) is 13.2. The quantitative estimate of drug-likeness (QED) is 0.473. The molecule has 0 amide bonds. The van der Waals surface area contributed by atoms with Crippen molar-refractivity contribution in [1.29, 1.82) is 0 Å². The molecule has 35 heavy (non-hydrogen) atoms. The molecule has 0 spiro atoms. The van der Waals surface area contributed by atoms with Crippen molar-refractivity contribution in [2.24, 2.45) is 0 Å². The Morgan fingerprint density at radius 2 is 1.60 bits per heavy atom. The van der Waals surface area contributed by atoms with Gasteiger partial charge in [-0.1, -0.05) is 36.4 Å². The van der Waals surface area contributed by atoms with Gasteiger partial charge in [-0.25, -0.2) is 9.67 Å². The Morgan fingerprint density at radius 1 is 0.943 bits per heavy atom. The van der Waals surface area contributed by atoms with Crippen molar-refractivity contribution in [2.45, 2.75) is 39.6 Å². The van der Waals surface area contributed by atoms with Gasteiger partial charge in [0.25, 0.3) is 10.2 Å². The maximum atomic E-state index is 13.2. The highest BCUT2D eigenvalue weighted by Crippen LogP contribution is 2.24. The summed E-state index contributed by atoms with van der Waals surface area (Å²) in [4.78, 5) is 6.91. The van der Waals surface area contributed by atoms with E-state index in [1.54, 1.807) is 8.61 Å². The number of fused-ring (bicyclic) bond motifs is 1. The molecule has 2 aromatic carbocycles. The Bertz CT molecular complexity index is 1270. The minimum absolute atomic E-state index is 0. The van der Waals surface area contributed by atoms with Gasteiger partial charge >= 0.3 is 0 Å². The molecule has 2 aliphatic rings. The van der Waals surface area contributed by atoms with Crippen molar-refractivity contribution in [3.8, 4) is 11.4 Å². The third-order valence-corrected chi connectivity index (χ3v) is 8.46. The van der Waals surface area contributed by atoms with Crippen molar-refractivity contribution in [1.82, 2.24) is 28.3 Å². The summed E-state index contributed by atoms with van der Waals surface area (Å²) in [7, 11) is -3.49. The Morgan fingerprint density at radius 3 is 2.29 bits per heavy atom. The lowest BCUT2D eigenvalue weighted by Gasteiger charge is -2.40. The summed E-state index contributed by atoms with van der Waals surface area (Å²) in [5, 5.41) is 6.98. The van der Waals surface area contributed by atoms with Gasteiger partial charge in [-0.2, -0.15) is 22.1 Å². The van der Waals surface area contributed by atoms with Crippen molar-refractivity contribution in [3.63, 3.8) is 0 Å². The van der Waals surface area contributed by atoms with Crippen molar-refractivity contribution in [3.05, 3.63) is 48.3 Å². The number of rotatable bonds is 5. The van der Waals surface area contributed by atoms with Gasteiger partial charge in [-0.05, 0) is 37.6 Å². The van der Waals surface area contributed by atoms with Crippen LogP contribution in [0.2, 0.25) is 0 Å². The molecule has 3 heterocycles. The molecular weight excluding hydrogens is 532 g/mol. The first kappa shape index (κ1) is 26.2. The molecule has 2 saturated heterocycles. The molecule has 2 atom stereocenters. The second-order valence-corrected chi connectivity index (χ2v) is 11.2. The standard InChI is InChI=1S/C24H32N6O3S.BrH/c1-18-15-29(16-19(2)33-18)34(31,32)28-12-10-27(11-13-28)17-30-24(25-20(3)26-30)23-9-8-21-6-4-5-7-22(21)14-23;/h4-9,14,18-19H,10-13,15-17H2,1-3H3;1H. The summed E-state index contributed by atoms with van der Waals surface area (Å²) in [6.07, 6.45) is -0.187. The van der Waals surface area contributed by atoms with Crippen LogP contribution in [0, 0.1) is 6.92 Å². The van der Waals surface area contributed by atoms with E-state index in [1.807, 2.05) is 37.6 Å². The Balaban J connectivity index is 0.00000289. The molecule has 0 bridgehead atoms. The van der Waals surface area contributed by atoms with E-state index in [1.165, 1.54) is 5.39 Å². The molecule has 2 aliphatic heterocycles. The summed E-state index contributed by atoms with van der Waals surface area (Å²) < 4.78 is 37.2. The predicted molar refractivity (Wildman–Crippen MR) is 142 cm³/mol. The van der Waals surface area contributed by atoms with Crippen LogP contribution < -0.4 is 0 Å². The molecule has 2 unspecified atom stereocenters. The number of hydrogen-bond donors (Lipinski definition) is 0. The van der Waals surface area contributed by atoms with Crippen LogP contribution in [0.4, 0.5) is 0 Å². The Labute approximate surface area is 217 Å².